The molecule has 2 atom stereocenters. The molecule has 0 radical (unpaired) electrons. The summed E-state index contributed by atoms with van der Waals surface area (Å²) in [6.45, 7) is 1.94. The van der Waals surface area contributed by atoms with Crippen molar-refractivity contribution in [2.45, 2.75) is 0 Å². The van der Waals surface area contributed by atoms with Crippen LogP contribution in [-0.4, -0.2) is 24.8 Å². The molecule has 0 aromatic rings. The Morgan fingerprint density at radius 3 is 2.70 bits per heavy atom. The molecule has 0 amide bonds. The third kappa shape index (κ3) is 1.88. The standard InChI is InChI=1S/C7H11NO.ClH/c1-2-6-3-8-4-7(6)5-9;/h1,6-9H,3-5H2;1H/t6-,7-;/m1./s1. The number of aliphatic hydroxyl groups excluding tert-OH is 1. The largest absolute Gasteiger partial charge is 0.396 e. The molecule has 0 unspecified atom stereocenters. The molecule has 2 nitrogen and oxygen atoms in total. The van der Waals surface area contributed by atoms with Gasteiger partial charge < -0.3 is 10.4 Å². The quantitative estimate of drug-likeness (QED) is 0.526. The van der Waals surface area contributed by atoms with E-state index in [-0.39, 0.29) is 30.8 Å². The molecule has 1 aliphatic rings. The molecular formula is C7H12ClNO. The van der Waals surface area contributed by atoms with Crippen LogP contribution in [0.15, 0.2) is 0 Å². The number of terminal acetylenes is 1. The lowest BCUT2D eigenvalue weighted by Crippen LogP contribution is -2.14. The molecule has 1 saturated heterocycles. The van der Waals surface area contributed by atoms with Gasteiger partial charge in [0.05, 0.1) is 0 Å². The van der Waals surface area contributed by atoms with Gasteiger partial charge in [0.25, 0.3) is 0 Å². The highest BCUT2D eigenvalue weighted by atomic mass is 35.5. The SMILES string of the molecule is C#C[C@@H]1CNC[C@@H]1CO.Cl. The highest BCUT2D eigenvalue weighted by Crippen LogP contribution is 2.13. The van der Waals surface area contributed by atoms with Crippen LogP contribution in [0.25, 0.3) is 0 Å². The van der Waals surface area contributed by atoms with Crippen molar-refractivity contribution in [3.05, 3.63) is 0 Å². The van der Waals surface area contributed by atoms with Gasteiger partial charge in [-0.25, -0.2) is 0 Å². The fourth-order valence-electron chi connectivity index (χ4n) is 1.12. The molecule has 1 fully saturated rings. The second kappa shape index (κ2) is 4.56. The summed E-state index contributed by atoms with van der Waals surface area (Å²) in [4.78, 5) is 0. The monoisotopic (exact) mass is 161 g/mol. The summed E-state index contributed by atoms with van der Waals surface area (Å²) in [5.41, 5.74) is 0. The van der Waals surface area contributed by atoms with Crippen LogP contribution in [-0.2, 0) is 0 Å². The number of hydrogen-bond acceptors (Lipinski definition) is 2. The van der Waals surface area contributed by atoms with Crippen LogP contribution in [0.3, 0.4) is 0 Å². The minimum absolute atomic E-state index is 0. The normalized spacial score (nSPS) is 30.8. The summed E-state index contributed by atoms with van der Waals surface area (Å²) in [5, 5.41) is 11.9. The topological polar surface area (TPSA) is 32.3 Å². The van der Waals surface area contributed by atoms with Crippen LogP contribution in [0.5, 0.6) is 0 Å². The second-order valence-electron chi connectivity index (χ2n) is 2.37. The first-order valence-electron chi connectivity index (χ1n) is 3.16. The van der Waals surface area contributed by atoms with Crippen LogP contribution in [0.1, 0.15) is 0 Å². The van der Waals surface area contributed by atoms with Gasteiger partial charge in [0.2, 0.25) is 0 Å². The first kappa shape index (κ1) is 9.77. The predicted molar refractivity (Wildman–Crippen MR) is 43.0 cm³/mol. The number of halogens is 1. The number of hydrogen-bond donors (Lipinski definition) is 2. The van der Waals surface area contributed by atoms with Crippen molar-refractivity contribution in [3.63, 3.8) is 0 Å². The lowest BCUT2D eigenvalue weighted by Gasteiger charge is -2.07. The van der Waals surface area contributed by atoms with Crippen LogP contribution < -0.4 is 5.32 Å². The summed E-state index contributed by atoms with van der Waals surface area (Å²) in [7, 11) is 0. The molecule has 0 saturated carbocycles. The van der Waals surface area contributed by atoms with Crippen molar-refractivity contribution in [1.29, 1.82) is 0 Å². The molecular weight excluding hydrogens is 150 g/mol. The Bertz CT molecular complexity index is 132. The summed E-state index contributed by atoms with van der Waals surface area (Å²) in [6, 6.07) is 0. The molecule has 0 aromatic heterocycles. The summed E-state index contributed by atoms with van der Waals surface area (Å²) in [6.07, 6.45) is 5.20. The first-order chi connectivity index (χ1) is 4.38. The molecule has 3 heteroatoms. The molecule has 1 aliphatic heterocycles. The molecule has 0 spiro atoms. The van der Waals surface area contributed by atoms with Crippen molar-refractivity contribution in [3.8, 4) is 12.3 Å². The average molecular weight is 162 g/mol. The third-order valence-corrected chi connectivity index (χ3v) is 1.79. The number of rotatable bonds is 1. The molecule has 10 heavy (non-hydrogen) atoms. The van der Waals surface area contributed by atoms with Crippen molar-refractivity contribution in [2.75, 3.05) is 19.7 Å². The van der Waals surface area contributed by atoms with E-state index < -0.39 is 0 Å². The van der Waals surface area contributed by atoms with Gasteiger partial charge in [0.1, 0.15) is 0 Å². The van der Waals surface area contributed by atoms with E-state index in [0.29, 0.717) is 0 Å². The minimum Gasteiger partial charge on any atom is -0.396 e. The summed E-state index contributed by atoms with van der Waals surface area (Å²) < 4.78 is 0. The zero-order chi connectivity index (χ0) is 6.69. The van der Waals surface area contributed by atoms with Gasteiger partial charge >= 0.3 is 0 Å². The van der Waals surface area contributed by atoms with Crippen molar-refractivity contribution in [1.82, 2.24) is 5.32 Å². The van der Waals surface area contributed by atoms with Crippen LogP contribution in [0.2, 0.25) is 0 Å². The van der Waals surface area contributed by atoms with E-state index in [2.05, 4.69) is 11.2 Å². The lowest BCUT2D eigenvalue weighted by atomic mass is 9.98. The fourth-order valence-corrected chi connectivity index (χ4v) is 1.12. The van der Waals surface area contributed by atoms with E-state index in [1.165, 1.54) is 0 Å². The Morgan fingerprint density at radius 2 is 2.30 bits per heavy atom. The van der Waals surface area contributed by atoms with Gasteiger partial charge in [-0.15, -0.1) is 24.8 Å². The highest BCUT2D eigenvalue weighted by Gasteiger charge is 2.23. The first-order valence-corrected chi connectivity index (χ1v) is 3.16. The fraction of sp³-hybridized carbons (Fsp3) is 0.714. The van der Waals surface area contributed by atoms with Gasteiger partial charge in [-0.3, -0.25) is 0 Å². The zero-order valence-corrected chi connectivity index (χ0v) is 6.53. The summed E-state index contributed by atoms with van der Waals surface area (Å²) >= 11 is 0. The maximum Gasteiger partial charge on any atom is 0.0483 e. The Labute approximate surface area is 67.4 Å². The lowest BCUT2D eigenvalue weighted by molar-refractivity contribution is 0.222. The predicted octanol–water partition coefficient (Wildman–Crippen LogP) is -0.131. The molecule has 1 heterocycles. The smallest absolute Gasteiger partial charge is 0.0483 e. The third-order valence-electron chi connectivity index (χ3n) is 1.79. The van der Waals surface area contributed by atoms with Gasteiger partial charge in [-0.05, 0) is 0 Å². The van der Waals surface area contributed by atoms with E-state index >= 15 is 0 Å². The molecule has 2 N–H and O–H groups in total. The van der Waals surface area contributed by atoms with Gasteiger partial charge in [0, 0.05) is 31.5 Å². The Balaban J connectivity index is 0.000000810. The van der Waals surface area contributed by atoms with E-state index in [1.54, 1.807) is 0 Å². The van der Waals surface area contributed by atoms with Crippen LogP contribution in [0, 0.1) is 24.2 Å². The highest BCUT2D eigenvalue weighted by molar-refractivity contribution is 5.85. The Kier molecular flexibility index (Phi) is 4.46. The Morgan fingerprint density at radius 1 is 1.60 bits per heavy atom. The maximum atomic E-state index is 8.73. The van der Waals surface area contributed by atoms with Crippen molar-refractivity contribution < 1.29 is 5.11 Å². The zero-order valence-electron chi connectivity index (χ0n) is 5.71. The Hall–Kier alpha value is -0.230. The molecule has 0 bridgehead atoms. The minimum atomic E-state index is 0. The molecule has 0 aromatic carbocycles. The van der Waals surface area contributed by atoms with Crippen LogP contribution >= 0.6 is 12.4 Å². The van der Waals surface area contributed by atoms with Gasteiger partial charge in [-0.1, -0.05) is 0 Å². The van der Waals surface area contributed by atoms with E-state index in [4.69, 9.17) is 11.5 Å². The number of aliphatic hydroxyl groups is 1. The molecule has 0 aliphatic carbocycles. The number of nitrogens with one attached hydrogen (secondary N) is 1. The van der Waals surface area contributed by atoms with Gasteiger partial charge in [0.15, 0.2) is 0 Å². The molecule has 58 valence electrons. The van der Waals surface area contributed by atoms with E-state index in [1.807, 2.05) is 0 Å². The second-order valence-corrected chi connectivity index (χ2v) is 2.37. The average Bonchev–Trinajstić information content (AvgIpc) is 2.33. The van der Waals surface area contributed by atoms with Crippen LogP contribution in [0.4, 0.5) is 0 Å². The van der Waals surface area contributed by atoms with E-state index in [9.17, 15) is 0 Å². The van der Waals surface area contributed by atoms with E-state index in [0.717, 1.165) is 13.1 Å². The molecule has 1 rings (SSSR count). The van der Waals surface area contributed by atoms with Crippen molar-refractivity contribution in [2.24, 2.45) is 11.8 Å². The maximum absolute atomic E-state index is 8.73. The van der Waals surface area contributed by atoms with Crippen molar-refractivity contribution >= 4 is 12.4 Å². The summed E-state index contributed by atoms with van der Waals surface area (Å²) in [5.74, 6) is 3.17. The van der Waals surface area contributed by atoms with Gasteiger partial charge in [-0.2, -0.15) is 0 Å².